The monoisotopic (exact) mass is 447 g/mol. The number of rotatable bonds is 3. The van der Waals surface area contributed by atoms with Crippen LogP contribution in [0.4, 0.5) is 17.3 Å². The molecular weight excluding hydrogens is 425 g/mol. The lowest BCUT2D eigenvalue weighted by Gasteiger charge is -2.21. The summed E-state index contributed by atoms with van der Waals surface area (Å²) in [6.45, 7) is 4.16. The van der Waals surface area contributed by atoms with Gasteiger partial charge in [0.2, 0.25) is 11.4 Å². The van der Waals surface area contributed by atoms with E-state index in [1.165, 1.54) is 44.8 Å². The van der Waals surface area contributed by atoms with Gasteiger partial charge in [-0.15, -0.1) is 0 Å². The van der Waals surface area contributed by atoms with Gasteiger partial charge in [-0.1, -0.05) is 66.7 Å². The van der Waals surface area contributed by atoms with Crippen LogP contribution in [0, 0.1) is 0 Å². The second-order valence-corrected chi connectivity index (χ2v) is 7.71. The zero-order valence-electron chi connectivity index (χ0n) is 17.9. The van der Waals surface area contributed by atoms with Crippen LogP contribution >= 0.6 is 0 Å². The van der Waals surface area contributed by atoms with E-state index in [4.69, 9.17) is 0 Å². The van der Waals surface area contributed by atoms with E-state index in [0.717, 1.165) is 12.8 Å². The molecule has 1 aliphatic rings. The SMILES string of the molecule is C=C[n+]1c(-c2ccccc2)cc(-c2ccccc2)c2c1-c1ccccc1CC2.F[B-](F)(F)F. The second-order valence-electron chi connectivity index (χ2n) is 7.71. The summed E-state index contributed by atoms with van der Waals surface area (Å²) in [6.07, 6.45) is 4.07. The van der Waals surface area contributed by atoms with Crippen LogP contribution in [-0.2, 0) is 12.8 Å². The smallest absolute Gasteiger partial charge is 0.418 e. The van der Waals surface area contributed by atoms with Gasteiger partial charge >= 0.3 is 7.25 Å². The molecule has 1 nitrogen and oxygen atoms in total. The molecule has 0 atom stereocenters. The molecule has 0 fully saturated rings. The minimum atomic E-state index is -6.00. The van der Waals surface area contributed by atoms with E-state index in [1.54, 1.807) is 0 Å². The molecule has 0 spiro atoms. The van der Waals surface area contributed by atoms with E-state index >= 15 is 0 Å². The van der Waals surface area contributed by atoms with Crippen molar-refractivity contribution in [3.05, 3.63) is 109 Å². The third-order valence-electron chi connectivity index (χ3n) is 5.65. The number of benzene rings is 3. The van der Waals surface area contributed by atoms with Gasteiger partial charge in [0.25, 0.3) is 0 Å². The molecule has 4 aromatic rings. The lowest BCUT2D eigenvalue weighted by atomic mass is 9.83. The van der Waals surface area contributed by atoms with Crippen molar-refractivity contribution < 1.29 is 21.8 Å². The van der Waals surface area contributed by atoms with E-state index in [9.17, 15) is 17.3 Å². The summed E-state index contributed by atoms with van der Waals surface area (Å²) in [5.74, 6) is 0. The number of halogens is 4. The summed E-state index contributed by atoms with van der Waals surface area (Å²) in [4.78, 5) is 0. The molecule has 0 aliphatic heterocycles. The Balaban J connectivity index is 0.000000471. The van der Waals surface area contributed by atoms with Crippen LogP contribution in [0.1, 0.15) is 11.1 Å². The quantitative estimate of drug-likeness (QED) is 0.174. The first-order valence-corrected chi connectivity index (χ1v) is 10.7. The fraction of sp³-hybridized carbons (Fsp3) is 0.0741. The molecule has 0 N–H and O–H groups in total. The molecule has 0 saturated heterocycles. The predicted octanol–water partition coefficient (Wildman–Crippen LogP) is 7.47. The fourth-order valence-corrected chi connectivity index (χ4v) is 4.36. The molecule has 33 heavy (non-hydrogen) atoms. The van der Waals surface area contributed by atoms with Gasteiger partial charge < -0.3 is 17.3 Å². The first kappa shape index (κ1) is 22.5. The Morgan fingerprint density at radius 2 is 1.24 bits per heavy atom. The first-order chi connectivity index (χ1) is 15.9. The molecule has 0 radical (unpaired) electrons. The van der Waals surface area contributed by atoms with Gasteiger partial charge in [-0.25, -0.2) is 0 Å². The first-order valence-electron chi connectivity index (χ1n) is 10.7. The highest BCUT2D eigenvalue weighted by molar-refractivity contribution is 6.50. The van der Waals surface area contributed by atoms with E-state index < -0.39 is 7.25 Å². The second kappa shape index (κ2) is 9.45. The maximum absolute atomic E-state index is 9.75. The van der Waals surface area contributed by atoms with E-state index in [2.05, 4.69) is 102 Å². The van der Waals surface area contributed by atoms with Gasteiger partial charge in [0.15, 0.2) is 6.20 Å². The van der Waals surface area contributed by atoms with Crippen LogP contribution < -0.4 is 4.57 Å². The van der Waals surface area contributed by atoms with Gasteiger partial charge in [-0.3, -0.25) is 0 Å². The number of pyridine rings is 1. The third-order valence-corrected chi connectivity index (χ3v) is 5.65. The maximum Gasteiger partial charge on any atom is 0.673 e. The van der Waals surface area contributed by atoms with Gasteiger partial charge in [0, 0.05) is 17.2 Å². The summed E-state index contributed by atoms with van der Waals surface area (Å²) in [6, 6.07) is 32.5. The average molecular weight is 447 g/mol. The normalized spacial score (nSPS) is 12.1. The van der Waals surface area contributed by atoms with Crippen molar-refractivity contribution in [2.45, 2.75) is 12.8 Å². The number of aromatic nitrogens is 1. The number of aryl methyl sites for hydroxylation is 1. The maximum atomic E-state index is 9.75. The Bertz CT molecular complexity index is 1260. The number of nitrogens with zero attached hydrogens (tertiary/aromatic N) is 1. The van der Waals surface area contributed by atoms with E-state index in [-0.39, 0.29) is 0 Å². The van der Waals surface area contributed by atoms with Crippen LogP contribution in [0.25, 0.3) is 39.8 Å². The van der Waals surface area contributed by atoms with E-state index in [1.807, 2.05) is 6.20 Å². The van der Waals surface area contributed by atoms with Crippen molar-refractivity contribution in [2.75, 3.05) is 0 Å². The molecule has 3 aromatic carbocycles. The van der Waals surface area contributed by atoms with Gasteiger partial charge in [0.05, 0.1) is 5.56 Å². The largest absolute Gasteiger partial charge is 0.673 e. The Kier molecular flexibility index (Phi) is 6.45. The lowest BCUT2D eigenvalue weighted by molar-refractivity contribution is -0.544. The highest BCUT2D eigenvalue weighted by Crippen LogP contribution is 2.39. The molecule has 1 aliphatic carbocycles. The summed E-state index contributed by atoms with van der Waals surface area (Å²) in [5.41, 5.74) is 10.4. The van der Waals surface area contributed by atoms with Gasteiger partial charge in [-0.2, -0.15) is 4.57 Å². The number of hydrogen-bond acceptors (Lipinski definition) is 0. The molecular formula is C27H22BF4N. The number of fused-ring (bicyclic) bond motifs is 3. The Morgan fingerprint density at radius 3 is 1.85 bits per heavy atom. The zero-order chi connectivity index (χ0) is 23.4. The highest BCUT2D eigenvalue weighted by Gasteiger charge is 2.30. The Hall–Kier alpha value is -3.67. The molecule has 0 amide bonds. The topological polar surface area (TPSA) is 3.88 Å². The van der Waals surface area contributed by atoms with Crippen LogP contribution in [0.3, 0.4) is 0 Å². The Labute approximate surface area is 190 Å². The van der Waals surface area contributed by atoms with Crippen LogP contribution in [0.5, 0.6) is 0 Å². The highest BCUT2D eigenvalue weighted by atomic mass is 19.5. The molecule has 6 heteroatoms. The van der Waals surface area contributed by atoms with Crippen molar-refractivity contribution in [1.82, 2.24) is 0 Å². The lowest BCUT2D eigenvalue weighted by Crippen LogP contribution is -2.35. The van der Waals surface area contributed by atoms with Crippen molar-refractivity contribution in [3.8, 4) is 33.6 Å². The van der Waals surface area contributed by atoms with Crippen LogP contribution in [0.15, 0.2) is 97.6 Å². The predicted molar refractivity (Wildman–Crippen MR) is 127 cm³/mol. The zero-order valence-corrected chi connectivity index (χ0v) is 17.9. The van der Waals surface area contributed by atoms with Crippen LogP contribution in [0.2, 0.25) is 0 Å². The van der Waals surface area contributed by atoms with Crippen molar-refractivity contribution in [1.29, 1.82) is 0 Å². The number of hydrogen-bond donors (Lipinski definition) is 0. The summed E-state index contributed by atoms with van der Waals surface area (Å²) in [7, 11) is -6.00. The van der Waals surface area contributed by atoms with Gasteiger partial charge in [-0.05, 0) is 54.3 Å². The third kappa shape index (κ3) is 5.06. The minimum Gasteiger partial charge on any atom is -0.418 e. The molecule has 1 aromatic heterocycles. The standard InChI is InChI=1S/C27H22N.BF4/c1-2-28-26(22-14-7-4-8-15-22)19-25(20-11-5-3-6-12-20)24-18-17-21-13-9-10-16-23(21)27(24)28;2-1(3,4)5/h2-16,19H,1,17-18H2;/q+1;-1. The van der Waals surface area contributed by atoms with Crippen molar-refractivity contribution >= 4 is 13.5 Å². The van der Waals surface area contributed by atoms with Crippen molar-refractivity contribution in [2.24, 2.45) is 0 Å². The average Bonchev–Trinajstić information content (AvgIpc) is 2.83. The Morgan fingerprint density at radius 1 is 0.697 bits per heavy atom. The van der Waals surface area contributed by atoms with E-state index in [0.29, 0.717) is 0 Å². The van der Waals surface area contributed by atoms with Crippen molar-refractivity contribution in [3.63, 3.8) is 0 Å². The molecule has 5 rings (SSSR count). The summed E-state index contributed by atoms with van der Waals surface area (Å²) < 4.78 is 41.3. The molecule has 166 valence electrons. The molecule has 0 saturated carbocycles. The summed E-state index contributed by atoms with van der Waals surface area (Å²) in [5, 5.41) is 0. The van der Waals surface area contributed by atoms with Gasteiger partial charge in [0.1, 0.15) is 0 Å². The molecule has 1 heterocycles. The fourth-order valence-electron chi connectivity index (χ4n) is 4.36. The summed E-state index contributed by atoms with van der Waals surface area (Å²) >= 11 is 0. The van der Waals surface area contributed by atoms with Crippen LogP contribution in [-0.4, -0.2) is 7.25 Å². The molecule has 0 bridgehead atoms. The minimum absolute atomic E-state index is 1.04. The molecule has 0 unspecified atom stereocenters.